The Kier molecular flexibility index (Phi) is 3.56. The summed E-state index contributed by atoms with van der Waals surface area (Å²) in [6, 6.07) is 9.27. The number of nitrogens with one attached hydrogen (secondary N) is 1. The summed E-state index contributed by atoms with van der Waals surface area (Å²) in [6.07, 6.45) is 1.35. The van der Waals surface area contributed by atoms with Crippen LogP contribution in [0.3, 0.4) is 0 Å². The van der Waals surface area contributed by atoms with Crippen molar-refractivity contribution in [3.05, 3.63) is 77.5 Å². The first kappa shape index (κ1) is 15.4. The minimum Gasteiger partial charge on any atom is -0.310 e. The lowest BCUT2D eigenvalue weighted by Crippen LogP contribution is -2.25. The highest BCUT2D eigenvalue weighted by molar-refractivity contribution is 5.94. The molecule has 2 heterocycles. The highest BCUT2D eigenvalue weighted by Crippen LogP contribution is 2.38. The third-order valence-electron chi connectivity index (χ3n) is 4.22. The quantitative estimate of drug-likeness (QED) is 0.770. The molecule has 1 aliphatic rings. The second-order valence-electron chi connectivity index (χ2n) is 5.77. The summed E-state index contributed by atoms with van der Waals surface area (Å²) in [5, 5.41) is 2.66. The zero-order chi connectivity index (χ0) is 17.6. The zero-order valence-electron chi connectivity index (χ0n) is 12.8. The molecule has 1 N–H and O–H groups in total. The van der Waals surface area contributed by atoms with Gasteiger partial charge in [0.1, 0.15) is 29.6 Å². The summed E-state index contributed by atoms with van der Waals surface area (Å²) in [5.74, 6) is -2.65. The summed E-state index contributed by atoms with van der Waals surface area (Å²) in [4.78, 5) is 16.4. The molecule has 0 bridgehead atoms. The molecule has 25 heavy (non-hydrogen) atoms. The Morgan fingerprint density at radius 3 is 2.64 bits per heavy atom. The molecule has 0 radical (unpaired) electrons. The lowest BCUT2D eigenvalue weighted by Gasteiger charge is -2.23. The van der Waals surface area contributed by atoms with E-state index in [2.05, 4.69) is 10.3 Å². The first-order valence-corrected chi connectivity index (χ1v) is 7.61. The van der Waals surface area contributed by atoms with Crippen LogP contribution < -0.4 is 5.32 Å². The summed E-state index contributed by atoms with van der Waals surface area (Å²) in [6.45, 7) is 0. The molecule has 2 aromatic carbocycles. The molecule has 1 amide bonds. The van der Waals surface area contributed by atoms with Crippen molar-refractivity contribution in [1.82, 2.24) is 9.55 Å². The van der Waals surface area contributed by atoms with Gasteiger partial charge < -0.3 is 5.32 Å². The van der Waals surface area contributed by atoms with Crippen molar-refractivity contribution in [3.8, 4) is 5.69 Å². The van der Waals surface area contributed by atoms with Gasteiger partial charge in [-0.25, -0.2) is 18.2 Å². The minimum atomic E-state index is -0.744. The molecule has 0 aliphatic carbocycles. The maximum Gasteiger partial charge on any atom is 0.226 e. The number of aromatic nitrogens is 2. The number of hydrogen-bond donors (Lipinski definition) is 1. The number of nitrogens with zero attached hydrogens (tertiary/aromatic N) is 2. The molecule has 1 atom stereocenters. The number of fused-ring (bicyclic) bond motifs is 1. The first-order valence-electron chi connectivity index (χ1n) is 7.61. The van der Waals surface area contributed by atoms with Crippen LogP contribution in [0.2, 0.25) is 0 Å². The van der Waals surface area contributed by atoms with Gasteiger partial charge in [-0.1, -0.05) is 18.2 Å². The van der Waals surface area contributed by atoms with Gasteiger partial charge in [-0.3, -0.25) is 9.36 Å². The van der Waals surface area contributed by atoms with Gasteiger partial charge in [0.15, 0.2) is 0 Å². The van der Waals surface area contributed by atoms with Gasteiger partial charge in [-0.15, -0.1) is 0 Å². The monoisotopic (exact) mass is 343 g/mol. The fourth-order valence-electron chi connectivity index (χ4n) is 3.08. The van der Waals surface area contributed by atoms with E-state index in [-0.39, 0.29) is 29.4 Å². The van der Waals surface area contributed by atoms with Crippen molar-refractivity contribution in [2.75, 3.05) is 5.32 Å². The number of benzene rings is 2. The van der Waals surface area contributed by atoms with Crippen molar-refractivity contribution < 1.29 is 18.0 Å². The molecule has 3 aromatic rings. The van der Waals surface area contributed by atoms with Crippen LogP contribution in [0.5, 0.6) is 0 Å². The van der Waals surface area contributed by atoms with Crippen molar-refractivity contribution >= 4 is 11.7 Å². The average Bonchev–Trinajstić information content (AvgIpc) is 2.98. The van der Waals surface area contributed by atoms with E-state index in [0.717, 1.165) is 12.1 Å². The molecule has 4 rings (SSSR count). The minimum absolute atomic E-state index is 0.0240. The molecule has 1 unspecified atom stereocenters. The number of rotatable bonds is 2. The highest BCUT2D eigenvalue weighted by atomic mass is 19.1. The van der Waals surface area contributed by atoms with Crippen LogP contribution in [-0.4, -0.2) is 15.5 Å². The van der Waals surface area contributed by atoms with Crippen LogP contribution in [0.25, 0.3) is 5.69 Å². The highest BCUT2D eigenvalue weighted by Gasteiger charge is 2.33. The topological polar surface area (TPSA) is 46.9 Å². The van der Waals surface area contributed by atoms with Crippen LogP contribution in [0.15, 0.2) is 48.8 Å². The fourth-order valence-corrected chi connectivity index (χ4v) is 3.08. The van der Waals surface area contributed by atoms with Gasteiger partial charge in [-0.05, 0) is 23.8 Å². The number of carbonyl (C=O) groups is 1. The maximum absolute atomic E-state index is 14.2. The fraction of sp³-hybridized carbons (Fsp3) is 0.111. The first-order chi connectivity index (χ1) is 12.0. The predicted octanol–water partition coefficient (Wildman–Crippen LogP) is 3.76. The average molecular weight is 343 g/mol. The van der Waals surface area contributed by atoms with Gasteiger partial charge in [0.05, 0.1) is 11.4 Å². The lowest BCUT2D eigenvalue weighted by atomic mass is 9.89. The molecule has 4 nitrogen and oxygen atoms in total. The Hall–Kier alpha value is -3.09. The zero-order valence-corrected chi connectivity index (χ0v) is 12.8. The lowest BCUT2D eigenvalue weighted by molar-refractivity contribution is -0.116. The van der Waals surface area contributed by atoms with E-state index in [4.69, 9.17) is 0 Å². The number of para-hydroxylation sites is 1. The van der Waals surface area contributed by atoms with E-state index >= 15 is 0 Å². The van der Waals surface area contributed by atoms with Crippen molar-refractivity contribution in [2.45, 2.75) is 12.3 Å². The molecular weight excluding hydrogens is 331 g/mol. The molecule has 1 aliphatic heterocycles. The summed E-state index contributed by atoms with van der Waals surface area (Å²) in [7, 11) is 0. The summed E-state index contributed by atoms with van der Waals surface area (Å²) < 4.78 is 42.9. The Labute approximate surface area is 140 Å². The molecule has 0 fully saturated rings. The molecule has 0 saturated heterocycles. The van der Waals surface area contributed by atoms with E-state index < -0.39 is 23.4 Å². The summed E-state index contributed by atoms with van der Waals surface area (Å²) >= 11 is 0. The number of amides is 1. The largest absolute Gasteiger partial charge is 0.310 e. The second-order valence-corrected chi connectivity index (χ2v) is 5.77. The Bertz CT molecular complexity index is 983. The van der Waals surface area contributed by atoms with Crippen LogP contribution in [0, 0.1) is 17.5 Å². The van der Waals surface area contributed by atoms with Gasteiger partial charge >= 0.3 is 0 Å². The van der Waals surface area contributed by atoms with Gasteiger partial charge in [0, 0.05) is 18.4 Å². The molecular formula is C18H12F3N3O. The van der Waals surface area contributed by atoms with Crippen molar-refractivity contribution in [1.29, 1.82) is 0 Å². The normalized spacial score (nSPS) is 16.4. The number of anilines is 1. The number of hydrogen-bond acceptors (Lipinski definition) is 2. The molecule has 1 aromatic heterocycles. The Balaban J connectivity index is 1.86. The van der Waals surface area contributed by atoms with Crippen molar-refractivity contribution in [3.63, 3.8) is 0 Å². The number of carbonyl (C=O) groups excluding carboxylic acids is 1. The smallest absolute Gasteiger partial charge is 0.226 e. The van der Waals surface area contributed by atoms with E-state index in [1.54, 1.807) is 18.2 Å². The molecule has 126 valence electrons. The van der Waals surface area contributed by atoms with Gasteiger partial charge in [0.2, 0.25) is 5.91 Å². The van der Waals surface area contributed by atoms with Gasteiger partial charge in [-0.2, -0.15) is 0 Å². The maximum atomic E-state index is 14.2. The number of halogens is 3. The van der Waals surface area contributed by atoms with E-state index in [1.807, 2.05) is 0 Å². The second kappa shape index (κ2) is 5.77. The molecule has 0 spiro atoms. The van der Waals surface area contributed by atoms with Crippen molar-refractivity contribution in [2.24, 2.45) is 0 Å². The third kappa shape index (κ3) is 2.57. The Morgan fingerprint density at radius 2 is 1.88 bits per heavy atom. The van der Waals surface area contributed by atoms with E-state index in [1.165, 1.54) is 23.0 Å². The van der Waals surface area contributed by atoms with Crippen LogP contribution >= 0.6 is 0 Å². The van der Waals surface area contributed by atoms with E-state index in [0.29, 0.717) is 5.69 Å². The third-order valence-corrected chi connectivity index (χ3v) is 4.22. The standard InChI is InChI=1S/C18H12F3N3O/c19-10-5-6-11(14(21)7-10)12-8-16(25)23-18-17(12)22-9-24(18)15-4-2-1-3-13(15)20/h1-7,9,12H,8H2,(H,23,25). The predicted molar refractivity (Wildman–Crippen MR) is 85.0 cm³/mol. The van der Waals surface area contributed by atoms with Gasteiger partial charge in [0.25, 0.3) is 0 Å². The number of imidazole rings is 1. The summed E-state index contributed by atoms with van der Waals surface area (Å²) in [5.41, 5.74) is 0.807. The van der Waals surface area contributed by atoms with E-state index in [9.17, 15) is 18.0 Å². The van der Waals surface area contributed by atoms with Crippen LogP contribution in [0.4, 0.5) is 19.0 Å². The molecule has 7 heteroatoms. The SMILES string of the molecule is O=C1CC(c2ccc(F)cc2F)c2ncn(-c3ccccc3F)c2N1. The van der Waals surface area contributed by atoms with Crippen LogP contribution in [-0.2, 0) is 4.79 Å². The molecule has 0 saturated carbocycles. The Morgan fingerprint density at radius 1 is 1.08 bits per heavy atom. The van der Waals surface area contributed by atoms with Crippen LogP contribution in [0.1, 0.15) is 23.6 Å².